The molecule has 14 heavy (non-hydrogen) atoms. The number of phenols is 1. The monoisotopic (exact) mass is 197 g/mol. The molecule has 0 heterocycles. The zero-order chi connectivity index (χ0) is 10.6. The minimum Gasteiger partial charge on any atom is -0.503 e. The molecule has 1 aromatic carbocycles. The molecule has 0 saturated heterocycles. The summed E-state index contributed by atoms with van der Waals surface area (Å²) < 4.78 is 25.6. The van der Waals surface area contributed by atoms with Crippen molar-refractivity contribution in [2.24, 2.45) is 0 Å². The third-order valence-electron chi connectivity index (χ3n) is 1.63. The van der Waals surface area contributed by atoms with Crippen LogP contribution >= 0.6 is 0 Å². The summed E-state index contributed by atoms with van der Waals surface area (Å²) in [5.41, 5.74) is 0.396. The number of hydrogen-bond donors (Lipinski definition) is 2. The van der Waals surface area contributed by atoms with Crippen LogP contribution in [0.1, 0.15) is 5.56 Å². The van der Waals surface area contributed by atoms with Crippen LogP contribution in [-0.2, 0) is 6.54 Å². The van der Waals surface area contributed by atoms with E-state index in [2.05, 4.69) is 11.2 Å². The van der Waals surface area contributed by atoms with Crippen molar-refractivity contribution >= 4 is 0 Å². The highest BCUT2D eigenvalue weighted by Crippen LogP contribution is 2.21. The molecule has 0 aliphatic carbocycles. The smallest absolute Gasteiger partial charge is 0.187 e. The lowest BCUT2D eigenvalue weighted by molar-refractivity contribution is 0.395. The molecule has 74 valence electrons. The first-order valence-corrected chi connectivity index (χ1v) is 3.96. The normalized spacial score (nSPS) is 9.79. The van der Waals surface area contributed by atoms with Crippen molar-refractivity contribution in [2.75, 3.05) is 6.54 Å². The predicted molar refractivity (Wildman–Crippen MR) is 48.6 cm³/mol. The summed E-state index contributed by atoms with van der Waals surface area (Å²) in [4.78, 5) is 0. The average Bonchev–Trinajstić information content (AvgIpc) is 2.14. The molecule has 0 fully saturated rings. The molecule has 0 saturated carbocycles. The molecule has 1 rings (SSSR count). The van der Waals surface area contributed by atoms with E-state index in [1.807, 2.05) is 0 Å². The van der Waals surface area contributed by atoms with Crippen molar-refractivity contribution in [3.8, 4) is 18.1 Å². The Bertz CT molecular complexity index is 348. The van der Waals surface area contributed by atoms with Gasteiger partial charge in [0, 0.05) is 6.54 Å². The first kappa shape index (κ1) is 10.5. The molecule has 0 aliphatic heterocycles. The van der Waals surface area contributed by atoms with Crippen LogP contribution in [0.2, 0.25) is 0 Å². The number of terminal acetylenes is 1. The molecular weight excluding hydrogens is 188 g/mol. The third kappa shape index (κ3) is 2.44. The summed E-state index contributed by atoms with van der Waals surface area (Å²) in [6.45, 7) is 0.586. The molecule has 0 unspecified atom stereocenters. The molecule has 0 spiro atoms. The fraction of sp³-hybridized carbons (Fsp3) is 0.200. The number of aromatic hydroxyl groups is 1. The van der Waals surface area contributed by atoms with Crippen LogP contribution in [-0.4, -0.2) is 11.7 Å². The van der Waals surface area contributed by atoms with Gasteiger partial charge in [-0.25, -0.2) is 8.78 Å². The molecule has 0 amide bonds. The van der Waals surface area contributed by atoms with Crippen molar-refractivity contribution < 1.29 is 13.9 Å². The van der Waals surface area contributed by atoms with Gasteiger partial charge in [-0.2, -0.15) is 0 Å². The van der Waals surface area contributed by atoms with Crippen molar-refractivity contribution in [1.29, 1.82) is 0 Å². The lowest BCUT2D eigenvalue weighted by atomic mass is 10.2. The topological polar surface area (TPSA) is 32.3 Å². The van der Waals surface area contributed by atoms with E-state index in [1.165, 1.54) is 0 Å². The Labute approximate surface area is 80.6 Å². The molecule has 0 aromatic heterocycles. The quantitative estimate of drug-likeness (QED) is 0.567. The van der Waals surface area contributed by atoms with Gasteiger partial charge in [0.05, 0.1) is 6.54 Å². The van der Waals surface area contributed by atoms with Gasteiger partial charge in [-0.05, 0) is 17.7 Å². The first-order chi connectivity index (χ1) is 6.65. The molecule has 4 heteroatoms. The summed E-state index contributed by atoms with van der Waals surface area (Å²) >= 11 is 0. The Hall–Kier alpha value is -1.60. The van der Waals surface area contributed by atoms with Crippen LogP contribution in [0.3, 0.4) is 0 Å². The number of hydrogen-bond acceptors (Lipinski definition) is 2. The number of nitrogens with one attached hydrogen (secondary N) is 1. The van der Waals surface area contributed by atoms with E-state index in [1.54, 1.807) is 0 Å². The second-order valence-corrected chi connectivity index (χ2v) is 2.72. The highest BCUT2D eigenvalue weighted by molar-refractivity contribution is 5.29. The van der Waals surface area contributed by atoms with Crippen LogP contribution in [0.5, 0.6) is 5.75 Å². The van der Waals surface area contributed by atoms with Crippen LogP contribution in [0.25, 0.3) is 0 Å². The number of rotatable bonds is 3. The maximum atomic E-state index is 12.8. The van der Waals surface area contributed by atoms with Crippen molar-refractivity contribution in [1.82, 2.24) is 5.32 Å². The number of benzene rings is 1. The van der Waals surface area contributed by atoms with Gasteiger partial charge in [0.1, 0.15) is 0 Å². The lowest BCUT2D eigenvalue weighted by Crippen LogP contribution is -2.13. The largest absolute Gasteiger partial charge is 0.503 e. The summed E-state index contributed by atoms with van der Waals surface area (Å²) in [7, 11) is 0. The Balaban J connectivity index is 2.75. The highest BCUT2D eigenvalue weighted by atomic mass is 19.1. The zero-order valence-electron chi connectivity index (χ0n) is 7.35. The van der Waals surface area contributed by atoms with E-state index in [-0.39, 0.29) is 6.54 Å². The number of halogens is 2. The molecule has 1 aromatic rings. The molecule has 2 nitrogen and oxygen atoms in total. The minimum atomic E-state index is -0.970. The molecule has 0 radical (unpaired) electrons. The summed E-state index contributed by atoms with van der Waals surface area (Å²) in [6.07, 6.45) is 4.98. The van der Waals surface area contributed by atoms with Gasteiger partial charge < -0.3 is 10.4 Å². The van der Waals surface area contributed by atoms with Crippen molar-refractivity contribution in [2.45, 2.75) is 6.54 Å². The van der Waals surface area contributed by atoms with E-state index >= 15 is 0 Å². The second-order valence-electron chi connectivity index (χ2n) is 2.72. The molecule has 0 aliphatic rings. The van der Waals surface area contributed by atoms with Gasteiger partial charge in [-0.15, -0.1) is 6.42 Å². The first-order valence-electron chi connectivity index (χ1n) is 3.96. The summed E-state index contributed by atoms with van der Waals surface area (Å²) in [5.74, 6) is -0.562. The lowest BCUT2D eigenvalue weighted by Gasteiger charge is -2.03. The fourth-order valence-corrected chi connectivity index (χ4v) is 0.999. The fourth-order valence-electron chi connectivity index (χ4n) is 0.999. The van der Waals surface area contributed by atoms with Gasteiger partial charge >= 0.3 is 0 Å². The minimum absolute atomic E-state index is 0.262. The SMILES string of the molecule is C#CCNCc1cc(F)c(O)c(F)c1. The molecular formula is C10H9F2NO. The van der Waals surface area contributed by atoms with E-state index in [9.17, 15) is 8.78 Å². The Morgan fingerprint density at radius 3 is 2.43 bits per heavy atom. The highest BCUT2D eigenvalue weighted by Gasteiger charge is 2.08. The van der Waals surface area contributed by atoms with Crippen LogP contribution < -0.4 is 5.32 Å². The summed E-state index contributed by atoms with van der Waals surface area (Å²) in [5, 5.41) is 11.6. The van der Waals surface area contributed by atoms with Crippen LogP contribution in [0.4, 0.5) is 8.78 Å². The van der Waals surface area contributed by atoms with Gasteiger partial charge in [-0.3, -0.25) is 0 Å². The standard InChI is InChI=1S/C10H9F2NO/c1-2-3-13-6-7-4-8(11)10(14)9(12)5-7/h1,4-5,13-14H,3,6H2. The van der Waals surface area contributed by atoms with Crippen LogP contribution in [0, 0.1) is 24.0 Å². The Morgan fingerprint density at radius 2 is 1.93 bits per heavy atom. The molecule has 0 bridgehead atoms. The van der Waals surface area contributed by atoms with Gasteiger partial charge in [0.15, 0.2) is 17.4 Å². The van der Waals surface area contributed by atoms with Gasteiger partial charge in [0.2, 0.25) is 0 Å². The van der Waals surface area contributed by atoms with E-state index in [0.717, 1.165) is 12.1 Å². The van der Waals surface area contributed by atoms with E-state index < -0.39 is 17.4 Å². The molecule has 2 N–H and O–H groups in total. The summed E-state index contributed by atoms with van der Waals surface area (Å²) in [6, 6.07) is 2.11. The predicted octanol–water partition coefficient (Wildman–Crippen LogP) is 1.39. The van der Waals surface area contributed by atoms with Gasteiger partial charge in [-0.1, -0.05) is 5.92 Å². The maximum Gasteiger partial charge on any atom is 0.187 e. The van der Waals surface area contributed by atoms with Crippen LogP contribution in [0.15, 0.2) is 12.1 Å². The Morgan fingerprint density at radius 1 is 1.36 bits per heavy atom. The van der Waals surface area contributed by atoms with Crippen molar-refractivity contribution in [3.63, 3.8) is 0 Å². The third-order valence-corrected chi connectivity index (χ3v) is 1.63. The average molecular weight is 197 g/mol. The maximum absolute atomic E-state index is 12.8. The van der Waals surface area contributed by atoms with E-state index in [0.29, 0.717) is 12.1 Å². The number of phenolic OH excluding ortho intramolecular Hbond substituents is 1. The van der Waals surface area contributed by atoms with E-state index in [4.69, 9.17) is 11.5 Å². The zero-order valence-corrected chi connectivity index (χ0v) is 7.35. The van der Waals surface area contributed by atoms with Gasteiger partial charge in [0.25, 0.3) is 0 Å². The second kappa shape index (κ2) is 4.58. The molecule has 0 atom stereocenters. The van der Waals surface area contributed by atoms with Crippen molar-refractivity contribution in [3.05, 3.63) is 29.3 Å². The Kier molecular flexibility index (Phi) is 3.43.